The summed E-state index contributed by atoms with van der Waals surface area (Å²) in [6.07, 6.45) is 2.93. The van der Waals surface area contributed by atoms with Crippen molar-refractivity contribution in [2.45, 2.75) is 32.6 Å². The molecule has 2 heterocycles. The first-order chi connectivity index (χ1) is 17.5. The van der Waals surface area contributed by atoms with Crippen molar-refractivity contribution >= 4 is 22.9 Å². The summed E-state index contributed by atoms with van der Waals surface area (Å²) >= 11 is 0. The third-order valence-electron chi connectivity index (χ3n) is 6.94. The van der Waals surface area contributed by atoms with Crippen LogP contribution in [0.2, 0.25) is 0 Å². The first-order valence-electron chi connectivity index (χ1n) is 12.5. The second kappa shape index (κ2) is 11.4. The fraction of sp³-hybridized carbons (Fsp3) is 0.429. The highest BCUT2D eigenvalue weighted by atomic mass is 16.6. The van der Waals surface area contributed by atoms with E-state index in [4.69, 9.17) is 14.2 Å². The van der Waals surface area contributed by atoms with Gasteiger partial charge in [0.15, 0.2) is 11.5 Å². The van der Waals surface area contributed by atoms with E-state index in [1.807, 2.05) is 29.3 Å². The topological polar surface area (TPSA) is 84.1 Å². The summed E-state index contributed by atoms with van der Waals surface area (Å²) in [6.45, 7) is 6.20. The van der Waals surface area contributed by atoms with Crippen LogP contribution < -0.4 is 9.47 Å². The van der Waals surface area contributed by atoms with E-state index in [0.29, 0.717) is 50.7 Å². The highest BCUT2D eigenvalue weighted by Crippen LogP contribution is 2.38. The zero-order chi connectivity index (χ0) is 25.7. The Kier molecular flexibility index (Phi) is 8.03. The van der Waals surface area contributed by atoms with E-state index < -0.39 is 0 Å². The summed E-state index contributed by atoms with van der Waals surface area (Å²) in [4.78, 5) is 32.6. The number of rotatable bonds is 8. The Labute approximate surface area is 212 Å². The zero-order valence-corrected chi connectivity index (χ0v) is 21.5. The van der Waals surface area contributed by atoms with Gasteiger partial charge in [0.25, 0.3) is 0 Å². The number of aromatic nitrogens is 1. The molecule has 0 saturated carbocycles. The van der Waals surface area contributed by atoms with Gasteiger partial charge in [-0.25, -0.2) is 4.79 Å². The van der Waals surface area contributed by atoms with E-state index in [9.17, 15) is 9.59 Å². The highest BCUT2D eigenvalue weighted by Gasteiger charge is 2.29. The fourth-order valence-electron chi connectivity index (χ4n) is 4.96. The normalized spacial score (nSPS) is 14.6. The van der Waals surface area contributed by atoms with E-state index in [-0.39, 0.29) is 17.9 Å². The van der Waals surface area contributed by atoms with Crippen LogP contribution in [-0.2, 0) is 16.0 Å². The summed E-state index contributed by atoms with van der Waals surface area (Å²) in [5.41, 5.74) is 4.40. The number of hydrogen-bond acceptors (Lipinski definition) is 5. The Morgan fingerprint density at radius 3 is 2.36 bits per heavy atom. The minimum atomic E-state index is -0.321. The summed E-state index contributed by atoms with van der Waals surface area (Å²) in [6, 6.07) is 12.1. The average Bonchev–Trinajstić information content (AvgIpc) is 3.35. The minimum absolute atomic E-state index is 0.0549. The smallest absolute Gasteiger partial charge is 0.409 e. The van der Waals surface area contributed by atoms with Crippen LogP contribution in [0.15, 0.2) is 42.6 Å². The number of piperazine rings is 1. The quantitative estimate of drug-likeness (QED) is 0.497. The molecule has 1 aromatic heterocycles. The fourth-order valence-corrected chi connectivity index (χ4v) is 4.96. The van der Waals surface area contributed by atoms with Gasteiger partial charge < -0.3 is 29.0 Å². The molecule has 1 fully saturated rings. The maximum absolute atomic E-state index is 13.5. The number of H-pyrrole nitrogens is 1. The van der Waals surface area contributed by atoms with Gasteiger partial charge in [-0.2, -0.15) is 0 Å². The molecule has 1 saturated heterocycles. The summed E-state index contributed by atoms with van der Waals surface area (Å²) in [5.74, 6) is 1.15. The molecule has 3 aromatic rings. The van der Waals surface area contributed by atoms with Crippen molar-refractivity contribution in [1.82, 2.24) is 14.8 Å². The SMILES string of the molecule is CCOC(=O)N1CCN(C(=O)C[C@H](c2ccc(OC)c(OC)c2)c2c[nH]c3c(CC)cccc23)CC1. The van der Waals surface area contributed by atoms with Crippen LogP contribution in [0.1, 0.15) is 42.9 Å². The van der Waals surface area contributed by atoms with E-state index in [2.05, 4.69) is 30.1 Å². The lowest BCUT2D eigenvalue weighted by Crippen LogP contribution is -2.50. The maximum atomic E-state index is 13.5. The minimum Gasteiger partial charge on any atom is -0.493 e. The molecule has 1 aliphatic heterocycles. The zero-order valence-electron chi connectivity index (χ0n) is 21.5. The third-order valence-corrected chi connectivity index (χ3v) is 6.94. The molecule has 2 aromatic carbocycles. The molecular weight excluding hydrogens is 458 g/mol. The number of methoxy groups -OCH3 is 2. The molecule has 2 amide bonds. The Balaban J connectivity index is 1.64. The first kappa shape index (κ1) is 25.4. The lowest BCUT2D eigenvalue weighted by atomic mass is 9.87. The molecule has 8 nitrogen and oxygen atoms in total. The van der Waals surface area contributed by atoms with Crippen molar-refractivity contribution in [3.63, 3.8) is 0 Å². The first-order valence-corrected chi connectivity index (χ1v) is 12.5. The average molecular weight is 494 g/mol. The number of nitrogens with zero attached hydrogens (tertiary/aromatic N) is 2. The van der Waals surface area contributed by atoms with Gasteiger partial charge in [-0.1, -0.05) is 31.2 Å². The Bertz CT molecular complexity index is 1210. The van der Waals surface area contributed by atoms with Gasteiger partial charge in [-0.05, 0) is 42.2 Å². The number of hydrogen-bond donors (Lipinski definition) is 1. The third kappa shape index (κ3) is 5.12. The van der Waals surface area contributed by atoms with Gasteiger partial charge in [0.1, 0.15) is 0 Å². The number of fused-ring (bicyclic) bond motifs is 1. The second-order valence-electron chi connectivity index (χ2n) is 8.88. The Morgan fingerprint density at radius 1 is 0.972 bits per heavy atom. The molecule has 0 spiro atoms. The second-order valence-corrected chi connectivity index (χ2v) is 8.88. The van der Waals surface area contributed by atoms with Gasteiger partial charge in [-0.15, -0.1) is 0 Å². The number of ether oxygens (including phenoxy) is 3. The highest BCUT2D eigenvalue weighted by molar-refractivity contribution is 5.88. The van der Waals surface area contributed by atoms with Crippen LogP contribution in [0.3, 0.4) is 0 Å². The molecule has 0 bridgehead atoms. The van der Waals surface area contributed by atoms with Crippen LogP contribution in [0.25, 0.3) is 10.9 Å². The van der Waals surface area contributed by atoms with Crippen molar-refractivity contribution in [2.24, 2.45) is 0 Å². The number of benzene rings is 2. The molecular formula is C28H35N3O5. The van der Waals surface area contributed by atoms with Crippen molar-refractivity contribution < 1.29 is 23.8 Å². The van der Waals surface area contributed by atoms with Crippen molar-refractivity contribution in [3.8, 4) is 11.5 Å². The number of para-hydroxylation sites is 1. The molecule has 4 rings (SSSR count). The molecule has 36 heavy (non-hydrogen) atoms. The lowest BCUT2D eigenvalue weighted by Gasteiger charge is -2.34. The van der Waals surface area contributed by atoms with E-state index >= 15 is 0 Å². The molecule has 1 N–H and O–H groups in total. The van der Waals surface area contributed by atoms with E-state index in [1.165, 1.54) is 5.56 Å². The van der Waals surface area contributed by atoms with Crippen LogP contribution in [0.4, 0.5) is 4.79 Å². The lowest BCUT2D eigenvalue weighted by molar-refractivity contribution is -0.133. The van der Waals surface area contributed by atoms with E-state index in [0.717, 1.165) is 28.5 Å². The van der Waals surface area contributed by atoms with Gasteiger partial charge >= 0.3 is 6.09 Å². The molecule has 1 aliphatic rings. The number of aromatic amines is 1. The Morgan fingerprint density at radius 2 is 1.69 bits per heavy atom. The van der Waals surface area contributed by atoms with Crippen molar-refractivity contribution in [3.05, 3.63) is 59.3 Å². The van der Waals surface area contributed by atoms with Crippen molar-refractivity contribution in [2.75, 3.05) is 47.0 Å². The number of amides is 2. The summed E-state index contributed by atoms with van der Waals surface area (Å²) in [7, 11) is 3.23. The molecule has 192 valence electrons. The standard InChI is InChI=1S/C28H35N3O5/c1-5-19-8-7-9-21-23(18-29-27(19)21)22(20-10-11-24(34-3)25(16-20)35-4)17-26(32)30-12-14-31(15-13-30)28(33)36-6-2/h7-11,16,18,22,29H,5-6,12-15,17H2,1-4H3/t22-/m1/s1. The number of nitrogens with one attached hydrogen (secondary N) is 1. The molecule has 0 radical (unpaired) electrons. The predicted molar refractivity (Wildman–Crippen MR) is 139 cm³/mol. The molecule has 0 aliphatic carbocycles. The molecule has 0 unspecified atom stereocenters. The van der Waals surface area contributed by atoms with E-state index in [1.54, 1.807) is 26.0 Å². The largest absolute Gasteiger partial charge is 0.493 e. The number of carbonyl (C=O) groups excluding carboxylic acids is 2. The van der Waals surface area contributed by atoms with Gasteiger partial charge in [0, 0.05) is 55.6 Å². The van der Waals surface area contributed by atoms with Crippen LogP contribution in [0.5, 0.6) is 11.5 Å². The molecule has 8 heteroatoms. The van der Waals surface area contributed by atoms with Crippen molar-refractivity contribution in [1.29, 1.82) is 0 Å². The monoisotopic (exact) mass is 493 g/mol. The Hall–Kier alpha value is -3.68. The predicted octanol–water partition coefficient (Wildman–Crippen LogP) is 4.57. The maximum Gasteiger partial charge on any atom is 0.409 e. The summed E-state index contributed by atoms with van der Waals surface area (Å²) in [5, 5.41) is 1.12. The van der Waals surface area contributed by atoms with Gasteiger partial charge in [0.05, 0.1) is 20.8 Å². The van der Waals surface area contributed by atoms with Gasteiger partial charge in [-0.3, -0.25) is 4.79 Å². The van der Waals surface area contributed by atoms with Crippen LogP contribution in [0, 0.1) is 0 Å². The number of carbonyl (C=O) groups is 2. The van der Waals surface area contributed by atoms with Crippen LogP contribution in [-0.4, -0.2) is 73.8 Å². The van der Waals surface area contributed by atoms with Crippen LogP contribution >= 0.6 is 0 Å². The number of aryl methyl sites for hydroxylation is 1. The summed E-state index contributed by atoms with van der Waals surface area (Å²) < 4.78 is 16.1. The molecule has 1 atom stereocenters. The van der Waals surface area contributed by atoms with Gasteiger partial charge in [0.2, 0.25) is 5.91 Å².